The number of carbonyl (C=O) groups excluding carboxylic acids is 2. The molecular weight excluding hydrogens is 436 g/mol. The van der Waals surface area contributed by atoms with E-state index in [4.69, 9.17) is 14.2 Å². The van der Waals surface area contributed by atoms with E-state index in [0.29, 0.717) is 30.2 Å². The molecule has 0 radical (unpaired) electrons. The van der Waals surface area contributed by atoms with Gasteiger partial charge in [0.05, 0.1) is 24.9 Å². The van der Waals surface area contributed by atoms with Gasteiger partial charge in [-0.05, 0) is 67.4 Å². The SMILES string of the molecule is COc1ccc2nccc(CNCCCC3CN(c4ccc5c(c4)NC(=O)CO5)C(=O)O3)c2c1. The molecule has 2 aliphatic heterocycles. The Morgan fingerprint density at radius 1 is 1.21 bits per heavy atom. The number of rotatable bonds is 8. The van der Waals surface area contributed by atoms with E-state index in [1.165, 1.54) is 0 Å². The Labute approximate surface area is 197 Å². The van der Waals surface area contributed by atoms with Gasteiger partial charge in [0.2, 0.25) is 0 Å². The van der Waals surface area contributed by atoms with Gasteiger partial charge in [-0.2, -0.15) is 0 Å². The number of hydrogen-bond donors (Lipinski definition) is 2. The average Bonchev–Trinajstić information content (AvgIpc) is 3.23. The number of fused-ring (bicyclic) bond motifs is 2. The number of carbonyl (C=O) groups is 2. The highest BCUT2D eigenvalue weighted by Gasteiger charge is 2.32. The van der Waals surface area contributed by atoms with Crippen molar-refractivity contribution in [3.63, 3.8) is 0 Å². The lowest BCUT2D eigenvalue weighted by Crippen LogP contribution is -2.27. The molecule has 1 fully saturated rings. The maximum absolute atomic E-state index is 12.4. The summed E-state index contributed by atoms with van der Waals surface area (Å²) in [5.41, 5.74) is 3.34. The molecule has 9 heteroatoms. The number of cyclic esters (lactones) is 1. The van der Waals surface area contributed by atoms with Crippen LogP contribution < -0.4 is 25.0 Å². The van der Waals surface area contributed by atoms with Gasteiger partial charge < -0.3 is 24.8 Å². The van der Waals surface area contributed by atoms with E-state index in [1.54, 1.807) is 30.2 Å². The van der Waals surface area contributed by atoms with Crippen molar-refractivity contribution in [2.75, 3.05) is 37.0 Å². The molecule has 0 aliphatic carbocycles. The predicted octanol–water partition coefficient (Wildman–Crippen LogP) is 3.47. The topological polar surface area (TPSA) is 102 Å². The summed E-state index contributed by atoms with van der Waals surface area (Å²) in [5.74, 6) is 1.19. The van der Waals surface area contributed by atoms with Crippen LogP contribution in [0, 0.1) is 0 Å². The number of amides is 2. The fourth-order valence-corrected chi connectivity index (χ4v) is 4.26. The summed E-state index contributed by atoms with van der Waals surface area (Å²) in [6.45, 7) is 1.98. The lowest BCUT2D eigenvalue weighted by Gasteiger charge is -2.20. The molecule has 2 aromatic carbocycles. The fourth-order valence-electron chi connectivity index (χ4n) is 4.26. The van der Waals surface area contributed by atoms with Gasteiger partial charge in [-0.15, -0.1) is 0 Å². The molecule has 2 amide bonds. The summed E-state index contributed by atoms with van der Waals surface area (Å²) in [6.07, 6.45) is 2.88. The van der Waals surface area contributed by atoms with Crippen LogP contribution in [0.5, 0.6) is 11.5 Å². The minimum Gasteiger partial charge on any atom is -0.497 e. The van der Waals surface area contributed by atoms with Crippen LogP contribution in [0.25, 0.3) is 10.9 Å². The molecule has 176 valence electrons. The Morgan fingerprint density at radius 3 is 3.00 bits per heavy atom. The summed E-state index contributed by atoms with van der Waals surface area (Å²) in [4.78, 5) is 30.0. The van der Waals surface area contributed by atoms with E-state index in [9.17, 15) is 9.59 Å². The van der Waals surface area contributed by atoms with Gasteiger partial charge in [0.25, 0.3) is 5.91 Å². The third kappa shape index (κ3) is 4.60. The molecule has 0 spiro atoms. The Balaban J connectivity index is 1.12. The van der Waals surface area contributed by atoms with E-state index in [0.717, 1.165) is 41.6 Å². The number of ether oxygens (including phenoxy) is 3. The first kappa shape index (κ1) is 22.0. The van der Waals surface area contributed by atoms with Crippen LogP contribution in [0.1, 0.15) is 18.4 Å². The third-order valence-electron chi connectivity index (χ3n) is 6.02. The lowest BCUT2D eigenvalue weighted by molar-refractivity contribution is -0.118. The first-order valence-electron chi connectivity index (χ1n) is 11.3. The Morgan fingerprint density at radius 2 is 2.12 bits per heavy atom. The van der Waals surface area contributed by atoms with Crippen molar-refractivity contribution in [1.29, 1.82) is 0 Å². The number of anilines is 2. The number of nitrogens with one attached hydrogen (secondary N) is 2. The minimum absolute atomic E-state index is 0.000208. The molecule has 1 unspecified atom stereocenters. The van der Waals surface area contributed by atoms with Crippen molar-refractivity contribution in [3.8, 4) is 11.5 Å². The van der Waals surface area contributed by atoms with Crippen LogP contribution in [0.15, 0.2) is 48.7 Å². The molecule has 9 nitrogen and oxygen atoms in total. The molecule has 0 bridgehead atoms. The van der Waals surface area contributed by atoms with Gasteiger partial charge in [0, 0.05) is 23.8 Å². The monoisotopic (exact) mass is 462 g/mol. The van der Waals surface area contributed by atoms with Crippen molar-refractivity contribution in [2.45, 2.75) is 25.5 Å². The van der Waals surface area contributed by atoms with E-state index in [1.807, 2.05) is 30.5 Å². The average molecular weight is 463 g/mol. The van der Waals surface area contributed by atoms with Crippen molar-refractivity contribution >= 4 is 34.3 Å². The van der Waals surface area contributed by atoms with Gasteiger partial charge >= 0.3 is 6.09 Å². The second kappa shape index (κ2) is 9.56. The first-order chi connectivity index (χ1) is 16.6. The summed E-state index contributed by atoms with van der Waals surface area (Å²) < 4.78 is 16.3. The van der Waals surface area contributed by atoms with Crippen LogP contribution in [-0.2, 0) is 16.1 Å². The first-order valence-corrected chi connectivity index (χ1v) is 11.3. The van der Waals surface area contributed by atoms with Crippen LogP contribution in [-0.4, -0.2) is 49.9 Å². The quantitative estimate of drug-likeness (QED) is 0.494. The summed E-state index contributed by atoms with van der Waals surface area (Å²) in [7, 11) is 1.66. The molecular formula is C25H26N4O5. The Kier molecular flexibility index (Phi) is 6.18. The molecule has 2 aliphatic rings. The molecule has 3 heterocycles. The van der Waals surface area contributed by atoms with Gasteiger partial charge in [-0.3, -0.25) is 14.7 Å². The largest absolute Gasteiger partial charge is 0.497 e. The second-order valence-electron chi connectivity index (χ2n) is 8.31. The maximum Gasteiger partial charge on any atom is 0.414 e. The van der Waals surface area contributed by atoms with Crippen LogP contribution in [0.2, 0.25) is 0 Å². The number of methoxy groups -OCH3 is 1. The smallest absolute Gasteiger partial charge is 0.414 e. The normalized spacial score (nSPS) is 17.2. The zero-order valence-electron chi connectivity index (χ0n) is 18.9. The van der Waals surface area contributed by atoms with E-state index in [2.05, 4.69) is 15.6 Å². The lowest BCUT2D eigenvalue weighted by atomic mass is 10.1. The fraction of sp³-hybridized carbons (Fsp3) is 0.320. The summed E-state index contributed by atoms with van der Waals surface area (Å²) in [6, 6.07) is 13.2. The van der Waals surface area contributed by atoms with Gasteiger partial charge in [0.1, 0.15) is 17.6 Å². The molecule has 1 atom stereocenters. The number of hydrogen-bond acceptors (Lipinski definition) is 7. The maximum atomic E-state index is 12.4. The van der Waals surface area contributed by atoms with Crippen molar-refractivity contribution < 1.29 is 23.8 Å². The van der Waals surface area contributed by atoms with Gasteiger partial charge in [0.15, 0.2) is 6.61 Å². The van der Waals surface area contributed by atoms with Crippen LogP contribution in [0.4, 0.5) is 16.2 Å². The summed E-state index contributed by atoms with van der Waals surface area (Å²) in [5, 5.41) is 7.31. The molecule has 34 heavy (non-hydrogen) atoms. The Bertz CT molecular complexity index is 1230. The highest BCUT2D eigenvalue weighted by Crippen LogP contribution is 2.33. The van der Waals surface area contributed by atoms with Crippen molar-refractivity contribution in [1.82, 2.24) is 10.3 Å². The zero-order valence-corrected chi connectivity index (χ0v) is 18.9. The van der Waals surface area contributed by atoms with Crippen molar-refractivity contribution in [2.24, 2.45) is 0 Å². The van der Waals surface area contributed by atoms with E-state index >= 15 is 0 Å². The van der Waals surface area contributed by atoms with Crippen molar-refractivity contribution in [3.05, 3.63) is 54.2 Å². The highest BCUT2D eigenvalue weighted by molar-refractivity contribution is 5.97. The minimum atomic E-state index is -0.377. The standard InChI is InChI=1S/C25H26N4O5/c1-32-18-5-6-21-20(12-18)16(8-10-27-21)13-26-9-2-3-19-14-29(25(31)34-19)17-4-7-23-22(11-17)28-24(30)15-33-23/h4-8,10-12,19,26H,2-3,9,13-15H2,1H3,(H,28,30). The number of aromatic nitrogens is 1. The number of pyridine rings is 1. The van der Waals surface area contributed by atoms with E-state index in [-0.39, 0.29) is 24.7 Å². The molecule has 1 aromatic heterocycles. The van der Waals surface area contributed by atoms with Crippen LogP contribution >= 0.6 is 0 Å². The second-order valence-corrected chi connectivity index (χ2v) is 8.31. The van der Waals surface area contributed by atoms with Gasteiger partial charge in [-0.1, -0.05) is 0 Å². The molecule has 1 saturated heterocycles. The predicted molar refractivity (Wildman–Crippen MR) is 127 cm³/mol. The highest BCUT2D eigenvalue weighted by atomic mass is 16.6. The zero-order chi connectivity index (χ0) is 23.5. The summed E-state index contributed by atoms with van der Waals surface area (Å²) >= 11 is 0. The van der Waals surface area contributed by atoms with E-state index < -0.39 is 0 Å². The third-order valence-corrected chi connectivity index (χ3v) is 6.02. The molecule has 2 N–H and O–H groups in total. The number of benzene rings is 2. The number of nitrogens with zero attached hydrogens (tertiary/aromatic N) is 2. The molecule has 5 rings (SSSR count). The Hall–Kier alpha value is -3.85. The van der Waals surface area contributed by atoms with Gasteiger partial charge in [-0.25, -0.2) is 4.79 Å². The molecule has 3 aromatic rings. The van der Waals surface area contributed by atoms with Crippen LogP contribution in [0.3, 0.4) is 0 Å². The molecule has 0 saturated carbocycles.